The molecule has 0 fully saturated rings. The summed E-state index contributed by atoms with van der Waals surface area (Å²) in [5.74, 6) is 1.22. The number of hydrogen-bond donors (Lipinski definition) is 1. The fourth-order valence-electron chi connectivity index (χ4n) is 2.50. The fraction of sp³-hybridized carbons (Fsp3) is 0.250. The van der Waals surface area contributed by atoms with Gasteiger partial charge in [-0.2, -0.15) is 0 Å². The standard InChI is InChI=1S/C20H23NO3/c1-5-15-8-6-7-14(2)20(15)21-19(22)12-9-16-13-17(23-3)10-11-18(16)24-4/h6-13H,5H2,1-4H3,(H,21,22). The van der Waals surface area contributed by atoms with Crippen LogP contribution in [-0.4, -0.2) is 20.1 Å². The lowest BCUT2D eigenvalue weighted by atomic mass is 10.1. The maximum absolute atomic E-state index is 12.3. The second-order valence-corrected chi connectivity index (χ2v) is 5.39. The van der Waals surface area contributed by atoms with Gasteiger partial charge in [0.2, 0.25) is 5.91 Å². The summed E-state index contributed by atoms with van der Waals surface area (Å²) in [6, 6.07) is 11.5. The minimum absolute atomic E-state index is 0.177. The lowest BCUT2D eigenvalue weighted by molar-refractivity contribution is -0.111. The van der Waals surface area contributed by atoms with E-state index in [0.29, 0.717) is 11.5 Å². The first-order chi connectivity index (χ1) is 11.6. The molecule has 0 unspecified atom stereocenters. The molecule has 1 N–H and O–H groups in total. The van der Waals surface area contributed by atoms with Gasteiger partial charge < -0.3 is 14.8 Å². The van der Waals surface area contributed by atoms with Crippen molar-refractivity contribution >= 4 is 17.7 Å². The summed E-state index contributed by atoms with van der Waals surface area (Å²) in [7, 11) is 3.20. The Morgan fingerprint density at radius 1 is 1.17 bits per heavy atom. The van der Waals surface area contributed by atoms with Gasteiger partial charge in [0.15, 0.2) is 0 Å². The number of anilines is 1. The average Bonchev–Trinajstić information content (AvgIpc) is 2.61. The molecule has 0 saturated heterocycles. The number of hydrogen-bond acceptors (Lipinski definition) is 3. The van der Waals surface area contributed by atoms with Crippen molar-refractivity contribution in [3.05, 3.63) is 59.2 Å². The quantitative estimate of drug-likeness (QED) is 0.809. The van der Waals surface area contributed by atoms with E-state index in [1.54, 1.807) is 20.3 Å². The molecule has 0 spiro atoms. The summed E-state index contributed by atoms with van der Waals surface area (Å²) in [6.07, 6.45) is 4.09. The summed E-state index contributed by atoms with van der Waals surface area (Å²) in [4.78, 5) is 12.3. The fourth-order valence-corrected chi connectivity index (χ4v) is 2.50. The average molecular weight is 325 g/mol. The second-order valence-electron chi connectivity index (χ2n) is 5.39. The minimum atomic E-state index is -0.177. The van der Waals surface area contributed by atoms with Gasteiger partial charge in [-0.3, -0.25) is 4.79 Å². The second kappa shape index (κ2) is 8.20. The monoisotopic (exact) mass is 325 g/mol. The Labute approximate surface area is 143 Å². The molecule has 0 aromatic heterocycles. The molecule has 1 amide bonds. The van der Waals surface area contributed by atoms with Crippen molar-refractivity contribution in [2.75, 3.05) is 19.5 Å². The molecule has 0 bridgehead atoms. The summed E-state index contributed by atoms with van der Waals surface area (Å²) in [6.45, 7) is 4.06. The van der Waals surface area contributed by atoms with Gasteiger partial charge in [0, 0.05) is 17.3 Å². The lowest BCUT2D eigenvalue weighted by Gasteiger charge is -2.11. The number of carbonyl (C=O) groups excluding carboxylic acids is 1. The Hall–Kier alpha value is -2.75. The van der Waals surface area contributed by atoms with Crippen molar-refractivity contribution < 1.29 is 14.3 Å². The molecule has 0 aliphatic heterocycles. The molecular weight excluding hydrogens is 302 g/mol. The number of amides is 1. The third kappa shape index (κ3) is 4.16. The van der Waals surface area contributed by atoms with Crippen LogP contribution in [0.3, 0.4) is 0 Å². The van der Waals surface area contributed by atoms with Crippen LogP contribution in [0.15, 0.2) is 42.5 Å². The summed E-state index contributed by atoms with van der Waals surface area (Å²) >= 11 is 0. The van der Waals surface area contributed by atoms with Gasteiger partial charge in [-0.15, -0.1) is 0 Å². The third-order valence-corrected chi connectivity index (χ3v) is 3.84. The van der Waals surface area contributed by atoms with Crippen LogP contribution in [-0.2, 0) is 11.2 Å². The molecule has 4 heteroatoms. The minimum Gasteiger partial charge on any atom is -0.497 e. The van der Waals surface area contributed by atoms with Crippen LogP contribution in [0, 0.1) is 6.92 Å². The highest BCUT2D eigenvalue weighted by molar-refractivity contribution is 6.03. The Bertz CT molecular complexity index is 751. The Morgan fingerprint density at radius 3 is 2.62 bits per heavy atom. The maximum Gasteiger partial charge on any atom is 0.248 e. The predicted octanol–water partition coefficient (Wildman–Crippen LogP) is 4.23. The van der Waals surface area contributed by atoms with Crippen LogP contribution in [0.25, 0.3) is 6.08 Å². The predicted molar refractivity (Wildman–Crippen MR) is 97.8 cm³/mol. The smallest absolute Gasteiger partial charge is 0.248 e. The lowest BCUT2D eigenvalue weighted by Crippen LogP contribution is -2.11. The number of para-hydroxylation sites is 1. The molecule has 0 radical (unpaired) electrons. The maximum atomic E-state index is 12.3. The highest BCUT2D eigenvalue weighted by Crippen LogP contribution is 2.25. The molecule has 0 heterocycles. The van der Waals surface area contributed by atoms with Crippen LogP contribution < -0.4 is 14.8 Å². The number of benzene rings is 2. The molecule has 2 aromatic rings. The summed E-state index contributed by atoms with van der Waals surface area (Å²) < 4.78 is 10.5. The van der Waals surface area contributed by atoms with Crippen LogP contribution >= 0.6 is 0 Å². The van der Waals surface area contributed by atoms with Crippen molar-refractivity contribution in [2.45, 2.75) is 20.3 Å². The Morgan fingerprint density at radius 2 is 1.96 bits per heavy atom. The molecule has 4 nitrogen and oxygen atoms in total. The van der Waals surface area contributed by atoms with E-state index in [4.69, 9.17) is 9.47 Å². The zero-order valence-electron chi connectivity index (χ0n) is 14.6. The summed E-state index contributed by atoms with van der Waals surface area (Å²) in [5.41, 5.74) is 3.84. The molecule has 0 atom stereocenters. The van der Waals surface area contributed by atoms with Crippen LogP contribution in [0.2, 0.25) is 0 Å². The van der Waals surface area contributed by atoms with E-state index in [0.717, 1.165) is 28.8 Å². The van der Waals surface area contributed by atoms with E-state index >= 15 is 0 Å². The van der Waals surface area contributed by atoms with Gasteiger partial charge in [0.25, 0.3) is 0 Å². The Balaban J connectivity index is 2.20. The van der Waals surface area contributed by atoms with E-state index in [1.165, 1.54) is 6.08 Å². The first-order valence-corrected chi connectivity index (χ1v) is 7.88. The number of ether oxygens (including phenoxy) is 2. The molecule has 126 valence electrons. The Kier molecular flexibility index (Phi) is 6.01. The van der Waals surface area contributed by atoms with Crippen LogP contribution in [0.1, 0.15) is 23.6 Å². The SMILES string of the molecule is CCc1cccc(C)c1NC(=O)C=Cc1cc(OC)ccc1OC. The van der Waals surface area contributed by atoms with Gasteiger partial charge in [-0.1, -0.05) is 25.1 Å². The normalized spacial score (nSPS) is 10.7. The van der Waals surface area contributed by atoms with E-state index < -0.39 is 0 Å². The largest absolute Gasteiger partial charge is 0.497 e. The zero-order valence-corrected chi connectivity index (χ0v) is 14.6. The number of carbonyl (C=O) groups is 1. The van der Waals surface area contributed by atoms with Crippen LogP contribution in [0.5, 0.6) is 11.5 Å². The molecule has 2 rings (SSSR count). The van der Waals surface area contributed by atoms with E-state index in [9.17, 15) is 4.79 Å². The molecular formula is C20H23NO3. The number of aryl methyl sites for hydroxylation is 2. The van der Waals surface area contributed by atoms with E-state index in [1.807, 2.05) is 43.3 Å². The highest BCUT2D eigenvalue weighted by Gasteiger charge is 2.07. The molecule has 0 saturated carbocycles. The molecule has 2 aromatic carbocycles. The first kappa shape index (κ1) is 17.6. The van der Waals surface area contributed by atoms with E-state index in [-0.39, 0.29) is 5.91 Å². The van der Waals surface area contributed by atoms with Crippen molar-refractivity contribution in [3.63, 3.8) is 0 Å². The van der Waals surface area contributed by atoms with Gasteiger partial charge in [-0.25, -0.2) is 0 Å². The third-order valence-electron chi connectivity index (χ3n) is 3.84. The molecule has 0 aliphatic carbocycles. The molecule has 0 aliphatic rings. The highest BCUT2D eigenvalue weighted by atomic mass is 16.5. The van der Waals surface area contributed by atoms with Crippen molar-refractivity contribution in [2.24, 2.45) is 0 Å². The number of methoxy groups -OCH3 is 2. The number of nitrogens with one attached hydrogen (secondary N) is 1. The topological polar surface area (TPSA) is 47.6 Å². The van der Waals surface area contributed by atoms with Gasteiger partial charge in [-0.05, 0) is 48.7 Å². The van der Waals surface area contributed by atoms with Gasteiger partial charge >= 0.3 is 0 Å². The molecule has 24 heavy (non-hydrogen) atoms. The van der Waals surface area contributed by atoms with E-state index in [2.05, 4.69) is 12.2 Å². The summed E-state index contributed by atoms with van der Waals surface area (Å²) in [5, 5.41) is 2.97. The first-order valence-electron chi connectivity index (χ1n) is 7.88. The van der Waals surface area contributed by atoms with Gasteiger partial charge in [0.1, 0.15) is 11.5 Å². The van der Waals surface area contributed by atoms with Crippen molar-refractivity contribution in [1.29, 1.82) is 0 Å². The number of rotatable bonds is 6. The van der Waals surface area contributed by atoms with Crippen molar-refractivity contribution in [3.8, 4) is 11.5 Å². The van der Waals surface area contributed by atoms with Crippen LogP contribution in [0.4, 0.5) is 5.69 Å². The zero-order chi connectivity index (χ0) is 17.5. The van der Waals surface area contributed by atoms with Gasteiger partial charge in [0.05, 0.1) is 14.2 Å². The van der Waals surface area contributed by atoms with Crippen molar-refractivity contribution in [1.82, 2.24) is 0 Å².